The summed E-state index contributed by atoms with van der Waals surface area (Å²) in [5, 5.41) is 20.4. The van der Waals surface area contributed by atoms with Crippen LogP contribution < -0.4 is 0 Å². The van der Waals surface area contributed by atoms with Crippen LogP contribution in [-0.2, 0) is 16.1 Å². The number of esters is 1. The fourth-order valence-corrected chi connectivity index (χ4v) is 1.91. The van der Waals surface area contributed by atoms with Crippen molar-refractivity contribution in [3.8, 4) is 0 Å². The summed E-state index contributed by atoms with van der Waals surface area (Å²) in [6.07, 6.45) is 0. The van der Waals surface area contributed by atoms with Crippen LogP contribution in [0.2, 0.25) is 0 Å². The lowest BCUT2D eigenvalue weighted by molar-refractivity contribution is -0.161. The largest absolute Gasteiger partial charge is 0.460 e. The van der Waals surface area contributed by atoms with Crippen molar-refractivity contribution >= 4 is 16.7 Å². The third-order valence-corrected chi connectivity index (χ3v) is 3.43. The highest BCUT2D eigenvalue weighted by Crippen LogP contribution is 2.21. The van der Waals surface area contributed by atoms with Crippen LogP contribution in [0.3, 0.4) is 0 Å². The smallest absolute Gasteiger partial charge is 0.316 e. The van der Waals surface area contributed by atoms with Crippen LogP contribution in [0.5, 0.6) is 0 Å². The normalized spacial score (nSPS) is 11.6. The zero-order valence-electron chi connectivity index (χ0n) is 11.4. The molecule has 4 nitrogen and oxygen atoms in total. The van der Waals surface area contributed by atoms with Crippen molar-refractivity contribution in [2.75, 3.05) is 13.2 Å². The van der Waals surface area contributed by atoms with Crippen molar-refractivity contribution in [2.24, 2.45) is 5.41 Å². The number of hydrogen-bond acceptors (Lipinski definition) is 4. The van der Waals surface area contributed by atoms with E-state index < -0.39 is 24.6 Å². The zero-order chi connectivity index (χ0) is 14.6. The highest BCUT2D eigenvalue weighted by atomic mass is 16.5. The highest BCUT2D eigenvalue weighted by molar-refractivity contribution is 5.86. The van der Waals surface area contributed by atoms with E-state index in [2.05, 4.69) is 0 Å². The molecule has 0 atom stereocenters. The van der Waals surface area contributed by atoms with Gasteiger partial charge in [0.2, 0.25) is 0 Å². The first-order chi connectivity index (χ1) is 9.60. The molecule has 4 heteroatoms. The van der Waals surface area contributed by atoms with E-state index in [0.717, 1.165) is 16.3 Å². The molecular weight excluding hydrogens is 256 g/mol. The van der Waals surface area contributed by atoms with Gasteiger partial charge in [-0.1, -0.05) is 42.5 Å². The lowest BCUT2D eigenvalue weighted by Crippen LogP contribution is -2.36. The van der Waals surface area contributed by atoms with E-state index in [-0.39, 0.29) is 6.61 Å². The molecule has 2 N–H and O–H groups in total. The summed E-state index contributed by atoms with van der Waals surface area (Å²) in [5.74, 6) is -0.601. The summed E-state index contributed by atoms with van der Waals surface area (Å²) >= 11 is 0. The second-order valence-corrected chi connectivity index (χ2v) is 5.09. The molecule has 0 aliphatic carbocycles. The summed E-state index contributed by atoms with van der Waals surface area (Å²) in [6, 6.07) is 13.6. The van der Waals surface area contributed by atoms with Gasteiger partial charge in [0.1, 0.15) is 12.0 Å². The van der Waals surface area contributed by atoms with Crippen LogP contribution >= 0.6 is 0 Å². The molecule has 0 bridgehead atoms. The maximum atomic E-state index is 11.9. The van der Waals surface area contributed by atoms with E-state index in [9.17, 15) is 4.79 Å². The molecule has 0 radical (unpaired) electrons. The molecule has 0 aliphatic heterocycles. The minimum atomic E-state index is -1.26. The molecule has 0 aromatic heterocycles. The van der Waals surface area contributed by atoms with Gasteiger partial charge in [-0.15, -0.1) is 0 Å². The number of aliphatic hydroxyl groups excluding tert-OH is 2. The van der Waals surface area contributed by atoms with Gasteiger partial charge in [-0.25, -0.2) is 0 Å². The van der Waals surface area contributed by atoms with Crippen LogP contribution in [0.4, 0.5) is 0 Å². The lowest BCUT2D eigenvalue weighted by atomic mass is 9.93. The first-order valence-electron chi connectivity index (χ1n) is 6.46. The molecule has 0 fully saturated rings. The number of rotatable bonds is 5. The molecule has 2 rings (SSSR count). The van der Waals surface area contributed by atoms with Crippen molar-refractivity contribution < 1.29 is 19.7 Å². The molecule has 0 heterocycles. The average molecular weight is 274 g/mol. The Bertz CT molecular complexity index is 597. The van der Waals surface area contributed by atoms with Gasteiger partial charge in [0.25, 0.3) is 0 Å². The standard InChI is InChI=1S/C16H18O4/c1-16(10-17,11-18)15(19)20-9-13-7-4-6-12-5-2-3-8-14(12)13/h2-8,17-18H,9-11H2,1H3. The van der Waals surface area contributed by atoms with E-state index in [4.69, 9.17) is 14.9 Å². The molecule has 2 aromatic rings. The van der Waals surface area contributed by atoms with E-state index in [1.165, 1.54) is 6.92 Å². The first kappa shape index (κ1) is 14.5. The number of hydrogen-bond donors (Lipinski definition) is 2. The minimum Gasteiger partial charge on any atom is -0.460 e. The highest BCUT2D eigenvalue weighted by Gasteiger charge is 2.33. The van der Waals surface area contributed by atoms with Crippen LogP contribution in [0.25, 0.3) is 10.8 Å². The molecule has 0 amide bonds. The fraction of sp³-hybridized carbons (Fsp3) is 0.312. The van der Waals surface area contributed by atoms with E-state index in [0.29, 0.717) is 0 Å². The quantitative estimate of drug-likeness (QED) is 0.817. The number of aliphatic hydroxyl groups is 2. The molecular formula is C16H18O4. The van der Waals surface area contributed by atoms with Gasteiger partial charge in [0.05, 0.1) is 13.2 Å². The van der Waals surface area contributed by atoms with Gasteiger partial charge in [-0.05, 0) is 23.3 Å². The monoisotopic (exact) mass is 274 g/mol. The van der Waals surface area contributed by atoms with Crippen LogP contribution in [0.15, 0.2) is 42.5 Å². The van der Waals surface area contributed by atoms with Crippen LogP contribution in [0.1, 0.15) is 12.5 Å². The Morgan fingerprint density at radius 1 is 1.10 bits per heavy atom. The summed E-state index contributed by atoms with van der Waals surface area (Å²) in [4.78, 5) is 11.9. The molecule has 106 valence electrons. The van der Waals surface area contributed by atoms with E-state index >= 15 is 0 Å². The number of benzene rings is 2. The van der Waals surface area contributed by atoms with Crippen molar-refractivity contribution in [3.05, 3.63) is 48.0 Å². The van der Waals surface area contributed by atoms with Gasteiger partial charge in [-0.2, -0.15) is 0 Å². The maximum absolute atomic E-state index is 11.9. The van der Waals surface area contributed by atoms with E-state index in [1.54, 1.807) is 0 Å². The maximum Gasteiger partial charge on any atom is 0.316 e. The third kappa shape index (κ3) is 2.81. The van der Waals surface area contributed by atoms with Gasteiger partial charge in [0, 0.05) is 0 Å². The molecule has 20 heavy (non-hydrogen) atoms. The topological polar surface area (TPSA) is 66.8 Å². The molecule has 2 aromatic carbocycles. The number of carbonyl (C=O) groups is 1. The van der Waals surface area contributed by atoms with Gasteiger partial charge in [0.15, 0.2) is 0 Å². The molecule has 0 unspecified atom stereocenters. The summed E-state index contributed by atoms with van der Waals surface area (Å²) < 4.78 is 5.22. The predicted octanol–water partition coefficient (Wildman–Crippen LogP) is 1.87. The Morgan fingerprint density at radius 3 is 2.45 bits per heavy atom. The van der Waals surface area contributed by atoms with Gasteiger partial charge < -0.3 is 14.9 Å². The Morgan fingerprint density at radius 2 is 1.75 bits per heavy atom. The molecule has 0 spiro atoms. The lowest BCUT2D eigenvalue weighted by Gasteiger charge is -2.22. The predicted molar refractivity (Wildman–Crippen MR) is 76.0 cm³/mol. The second-order valence-electron chi connectivity index (χ2n) is 5.09. The summed E-state index contributed by atoms with van der Waals surface area (Å²) in [7, 11) is 0. The first-order valence-corrected chi connectivity index (χ1v) is 6.46. The Hall–Kier alpha value is -1.91. The van der Waals surface area contributed by atoms with Crippen LogP contribution in [0, 0.1) is 5.41 Å². The summed E-state index contributed by atoms with van der Waals surface area (Å²) in [6.45, 7) is 0.698. The van der Waals surface area contributed by atoms with E-state index in [1.807, 2.05) is 42.5 Å². The average Bonchev–Trinajstić information content (AvgIpc) is 2.51. The fourth-order valence-electron chi connectivity index (χ4n) is 1.91. The Balaban J connectivity index is 2.16. The van der Waals surface area contributed by atoms with Crippen LogP contribution in [-0.4, -0.2) is 29.4 Å². The molecule has 0 saturated heterocycles. The van der Waals surface area contributed by atoms with Gasteiger partial charge >= 0.3 is 5.97 Å². The second kappa shape index (κ2) is 6.03. The Kier molecular flexibility index (Phi) is 4.37. The molecule has 0 saturated carbocycles. The minimum absolute atomic E-state index is 0.121. The zero-order valence-corrected chi connectivity index (χ0v) is 11.4. The number of fused-ring (bicyclic) bond motifs is 1. The number of ether oxygens (including phenoxy) is 1. The Labute approximate surface area is 117 Å². The SMILES string of the molecule is CC(CO)(CO)C(=O)OCc1cccc2ccccc12. The molecule has 0 aliphatic rings. The number of carbonyl (C=O) groups excluding carboxylic acids is 1. The van der Waals surface area contributed by atoms with Crippen molar-refractivity contribution in [3.63, 3.8) is 0 Å². The van der Waals surface area contributed by atoms with Gasteiger partial charge in [-0.3, -0.25) is 4.79 Å². The third-order valence-electron chi connectivity index (χ3n) is 3.43. The van der Waals surface area contributed by atoms with Crippen molar-refractivity contribution in [2.45, 2.75) is 13.5 Å². The van der Waals surface area contributed by atoms with Crippen molar-refractivity contribution in [1.82, 2.24) is 0 Å². The van der Waals surface area contributed by atoms with Crippen molar-refractivity contribution in [1.29, 1.82) is 0 Å². The summed E-state index contributed by atoms with van der Waals surface area (Å²) in [5.41, 5.74) is -0.361.